The van der Waals surface area contributed by atoms with Gasteiger partial charge in [0.15, 0.2) is 6.04 Å². The van der Waals surface area contributed by atoms with Gasteiger partial charge in [0.1, 0.15) is 34.7 Å². The number of carbonyl (C=O) groups is 1. The fraction of sp³-hybridized carbons (Fsp3) is 0.346. The molecule has 3 N–H and O–H groups in total. The molecule has 1 fully saturated rings. The highest BCUT2D eigenvalue weighted by Gasteiger charge is 2.48. The van der Waals surface area contributed by atoms with Crippen molar-refractivity contribution in [3.05, 3.63) is 65.0 Å². The van der Waals surface area contributed by atoms with Gasteiger partial charge in [-0.3, -0.25) is 4.79 Å². The molecule has 1 heterocycles. The van der Waals surface area contributed by atoms with Crippen LogP contribution < -0.4 is 15.8 Å². The number of alkyl halides is 3. The van der Waals surface area contributed by atoms with Crippen molar-refractivity contribution in [3.8, 4) is 23.1 Å². The van der Waals surface area contributed by atoms with E-state index in [0.717, 1.165) is 10.7 Å². The van der Waals surface area contributed by atoms with E-state index in [4.69, 9.17) is 10.5 Å². The van der Waals surface area contributed by atoms with Crippen molar-refractivity contribution in [1.29, 1.82) is 5.26 Å². The van der Waals surface area contributed by atoms with Gasteiger partial charge in [-0.1, -0.05) is 37.1 Å². The van der Waals surface area contributed by atoms with E-state index in [9.17, 15) is 27.6 Å². The van der Waals surface area contributed by atoms with Gasteiger partial charge in [0.05, 0.1) is 12.7 Å². The first-order chi connectivity index (χ1) is 17.6. The van der Waals surface area contributed by atoms with E-state index in [1.807, 2.05) is 6.07 Å². The molecular formula is C26H25F4N5O2. The summed E-state index contributed by atoms with van der Waals surface area (Å²) in [4.78, 5) is 12.5. The number of benzene rings is 2. The molecule has 0 spiro atoms. The van der Waals surface area contributed by atoms with E-state index < -0.39 is 29.9 Å². The molecule has 0 aliphatic heterocycles. The summed E-state index contributed by atoms with van der Waals surface area (Å²) in [5.74, 6) is -1.86. The van der Waals surface area contributed by atoms with Crippen molar-refractivity contribution in [2.45, 2.75) is 44.4 Å². The zero-order chi connectivity index (χ0) is 26.7. The van der Waals surface area contributed by atoms with Gasteiger partial charge >= 0.3 is 6.18 Å². The summed E-state index contributed by atoms with van der Waals surface area (Å²) in [5.41, 5.74) is 7.07. The van der Waals surface area contributed by atoms with E-state index >= 15 is 0 Å². The summed E-state index contributed by atoms with van der Waals surface area (Å²) in [5, 5.41) is 16.5. The number of nitriles is 1. The fourth-order valence-corrected chi connectivity index (χ4v) is 4.77. The van der Waals surface area contributed by atoms with Crippen LogP contribution in [0.15, 0.2) is 42.5 Å². The lowest BCUT2D eigenvalue weighted by atomic mass is 9.97. The number of aromatic nitrogens is 2. The number of halogens is 4. The molecule has 1 amide bonds. The third-order valence-corrected chi connectivity index (χ3v) is 6.59. The quantitative estimate of drug-likeness (QED) is 0.411. The average Bonchev–Trinajstić information content (AvgIpc) is 3.50. The van der Waals surface area contributed by atoms with E-state index in [1.54, 1.807) is 24.3 Å². The molecular weight excluding hydrogens is 490 g/mol. The Labute approximate surface area is 210 Å². The number of nitrogen functional groups attached to an aromatic ring is 1. The lowest BCUT2D eigenvalue weighted by molar-refractivity contribution is -0.182. The van der Waals surface area contributed by atoms with Gasteiger partial charge in [-0.2, -0.15) is 23.5 Å². The molecule has 7 nitrogen and oxygen atoms in total. The highest BCUT2D eigenvalue weighted by Crippen LogP contribution is 2.45. The number of amides is 1. The van der Waals surface area contributed by atoms with Crippen LogP contribution in [0.3, 0.4) is 0 Å². The summed E-state index contributed by atoms with van der Waals surface area (Å²) in [6.07, 6.45) is -2.31. The van der Waals surface area contributed by atoms with Crippen LogP contribution >= 0.6 is 0 Å². The molecule has 1 atom stereocenters. The molecule has 2 aromatic carbocycles. The number of rotatable bonds is 7. The number of ether oxygens (including phenoxy) is 1. The maximum atomic E-state index is 14.0. The SMILES string of the molecule is COc1ccc(F)cc1C(=O)NCc1ccc(-c2nn(C(C3CCCC3)C(F)(F)F)c(N)c2C#N)cc1. The van der Waals surface area contributed by atoms with Crippen molar-refractivity contribution in [3.63, 3.8) is 0 Å². The molecule has 194 valence electrons. The third kappa shape index (κ3) is 5.38. The van der Waals surface area contributed by atoms with Crippen LogP contribution in [0.5, 0.6) is 5.75 Å². The van der Waals surface area contributed by atoms with Gasteiger partial charge in [0.25, 0.3) is 5.91 Å². The summed E-state index contributed by atoms with van der Waals surface area (Å²) in [6.45, 7) is 0.0955. The standard InChI is InChI=1S/C26H25F4N5O2/c1-37-21-11-10-18(27)12-19(21)25(36)33-14-15-6-8-16(9-7-15)22-20(13-31)24(32)35(34-22)23(26(28,29)30)17-4-2-3-5-17/h6-12,17,23H,2-5,14,32H2,1H3,(H,33,36). The van der Waals surface area contributed by atoms with E-state index in [1.165, 1.54) is 19.2 Å². The molecule has 0 bridgehead atoms. The minimum absolute atomic E-state index is 0.0419. The van der Waals surface area contributed by atoms with Gasteiger partial charge in [0, 0.05) is 12.1 Å². The summed E-state index contributed by atoms with van der Waals surface area (Å²) < 4.78 is 61.5. The molecule has 1 aromatic heterocycles. The van der Waals surface area contributed by atoms with Gasteiger partial charge in [-0.05, 0) is 42.5 Å². The van der Waals surface area contributed by atoms with E-state index in [2.05, 4.69) is 10.4 Å². The molecule has 3 aromatic rings. The average molecular weight is 516 g/mol. The Kier molecular flexibility index (Phi) is 7.38. The maximum Gasteiger partial charge on any atom is 0.411 e. The summed E-state index contributed by atoms with van der Waals surface area (Å²) in [7, 11) is 1.37. The monoisotopic (exact) mass is 515 g/mol. The Bertz CT molecular complexity index is 1320. The minimum atomic E-state index is -4.56. The van der Waals surface area contributed by atoms with Crippen molar-refractivity contribution >= 4 is 11.7 Å². The Morgan fingerprint density at radius 1 is 1.24 bits per heavy atom. The van der Waals surface area contributed by atoms with Crippen LogP contribution in [0.2, 0.25) is 0 Å². The van der Waals surface area contributed by atoms with Crippen LogP contribution in [0, 0.1) is 23.1 Å². The lowest BCUT2D eigenvalue weighted by Gasteiger charge is -2.27. The van der Waals surface area contributed by atoms with Crippen LogP contribution in [0.25, 0.3) is 11.3 Å². The van der Waals surface area contributed by atoms with Crippen molar-refractivity contribution in [2.75, 3.05) is 12.8 Å². The third-order valence-electron chi connectivity index (χ3n) is 6.59. The maximum absolute atomic E-state index is 14.0. The fourth-order valence-electron chi connectivity index (χ4n) is 4.77. The molecule has 0 radical (unpaired) electrons. The Morgan fingerprint density at radius 2 is 1.92 bits per heavy atom. The van der Waals surface area contributed by atoms with Crippen molar-refractivity contribution in [2.24, 2.45) is 5.92 Å². The molecule has 1 aliphatic rings. The molecule has 11 heteroatoms. The van der Waals surface area contributed by atoms with Crippen molar-refractivity contribution < 1.29 is 27.1 Å². The van der Waals surface area contributed by atoms with Crippen LogP contribution in [-0.4, -0.2) is 29.0 Å². The number of hydrogen-bond acceptors (Lipinski definition) is 5. The molecule has 1 unspecified atom stereocenters. The highest BCUT2D eigenvalue weighted by atomic mass is 19.4. The first-order valence-electron chi connectivity index (χ1n) is 11.7. The summed E-state index contributed by atoms with van der Waals surface area (Å²) in [6, 6.07) is 10.1. The summed E-state index contributed by atoms with van der Waals surface area (Å²) >= 11 is 0. The molecule has 4 rings (SSSR count). The first-order valence-corrected chi connectivity index (χ1v) is 11.7. The normalized spacial score (nSPS) is 14.8. The highest BCUT2D eigenvalue weighted by molar-refractivity contribution is 5.96. The zero-order valence-electron chi connectivity index (χ0n) is 20.0. The smallest absolute Gasteiger partial charge is 0.411 e. The molecule has 37 heavy (non-hydrogen) atoms. The van der Waals surface area contributed by atoms with Gasteiger partial charge in [-0.15, -0.1) is 0 Å². The zero-order valence-corrected chi connectivity index (χ0v) is 20.0. The molecule has 0 saturated heterocycles. The van der Waals surface area contributed by atoms with Gasteiger partial charge in [-0.25, -0.2) is 9.07 Å². The Morgan fingerprint density at radius 3 is 2.51 bits per heavy atom. The van der Waals surface area contributed by atoms with Gasteiger partial charge in [0.2, 0.25) is 0 Å². The number of carbonyl (C=O) groups excluding carboxylic acids is 1. The van der Waals surface area contributed by atoms with Gasteiger partial charge < -0.3 is 15.8 Å². The van der Waals surface area contributed by atoms with Crippen LogP contribution in [-0.2, 0) is 6.54 Å². The van der Waals surface area contributed by atoms with E-state index in [-0.39, 0.29) is 34.9 Å². The van der Waals surface area contributed by atoms with Crippen LogP contribution in [0.1, 0.15) is 53.2 Å². The second kappa shape index (κ2) is 10.5. The second-order valence-corrected chi connectivity index (χ2v) is 8.92. The topological polar surface area (TPSA) is 106 Å². The lowest BCUT2D eigenvalue weighted by Crippen LogP contribution is -2.33. The van der Waals surface area contributed by atoms with Crippen molar-refractivity contribution in [1.82, 2.24) is 15.1 Å². The number of nitrogens with zero attached hydrogens (tertiary/aromatic N) is 3. The molecule has 1 saturated carbocycles. The Balaban J connectivity index is 1.56. The molecule has 1 aliphatic carbocycles. The van der Waals surface area contributed by atoms with Crippen LogP contribution in [0.4, 0.5) is 23.4 Å². The number of methoxy groups -OCH3 is 1. The second-order valence-electron chi connectivity index (χ2n) is 8.92. The van der Waals surface area contributed by atoms with E-state index in [0.29, 0.717) is 36.8 Å². The minimum Gasteiger partial charge on any atom is -0.496 e. The Hall–Kier alpha value is -4.07. The largest absolute Gasteiger partial charge is 0.496 e. The predicted molar refractivity (Wildman–Crippen MR) is 128 cm³/mol. The number of nitrogens with two attached hydrogens (primary N) is 1. The number of nitrogens with one attached hydrogen (secondary N) is 1. The first kappa shape index (κ1) is 26.0. The predicted octanol–water partition coefficient (Wildman–Crippen LogP) is 5.38. The number of anilines is 1. The number of hydrogen-bond donors (Lipinski definition) is 2.